The number of para-hydroxylation sites is 1. The van der Waals surface area contributed by atoms with Crippen LogP contribution in [0.25, 0.3) is 11.0 Å². The summed E-state index contributed by atoms with van der Waals surface area (Å²) in [4.78, 5) is 21.9. The summed E-state index contributed by atoms with van der Waals surface area (Å²) in [6, 6.07) is 7.50. The van der Waals surface area contributed by atoms with Gasteiger partial charge in [-0.05, 0) is 12.1 Å². The first-order valence-electron chi connectivity index (χ1n) is 3.94. The average Bonchev–Trinajstić information content (AvgIpc) is 2.17. The number of fused-ring (bicyclic) bond motifs is 1. The molecule has 0 aliphatic heterocycles. The molecule has 0 radical (unpaired) electrons. The molecule has 0 saturated carbocycles. The molecule has 0 fully saturated rings. The van der Waals surface area contributed by atoms with E-state index >= 15 is 0 Å². The largest absolute Gasteiger partial charge is 1.00 e. The van der Waals surface area contributed by atoms with Crippen LogP contribution in [-0.2, 0) is 0 Å². The minimum atomic E-state index is -1.24. The third-order valence-electron chi connectivity index (χ3n) is 1.85. The van der Waals surface area contributed by atoms with Crippen LogP contribution in [0.5, 0.6) is 0 Å². The maximum atomic E-state index is 11.4. The Labute approximate surface area is 108 Å². The Bertz CT molecular complexity index is 564. The third-order valence-corrected chi connectivity index (χ3v) is 1.85. The van der Waals surface area contributed by atoms with E-state index < -0.39 is 5.97 Å². The van der Waals surface area contributed by atoms with Crippen LogP contribution in [0.2, 0.25) is 0 Å². The van der Waals surface area contributed by atoms with Gasteiger partial charge < -0.3 is 11.0 Å². The van der Waals surface area contributed by atoms with Crippen molar-refractivity contribution in [1.29, 1.82) is 0 Å². The summed E-state index contributed by atoms with van der Waals surface area (Å²) in [7, 11) is 0. The Balaban J connectivity index is 0.00000112. The summed E-state index contributed by atoms with van der Waals surface area (Å²) >= 11 is 0. The molecule has 0 bridgehead atoms. The minimum Gasteiger partial charge on any atom is -1.00 e. The fraction of sp³-hybridized carbons (Fsp3) is 0. The van der Waals surface area contributed by atoms with Gasteiger partial charge >= 0.3 is 35.5 Å². The molecule has 1 aromatic heterocycles. The van der Waals surface area contributed by atoms with Crippen LogP contribution < -0.4 is 35.0 Å². The first kappa shape index (κ1) is 12.0. The zero-order valence-electron chi connectivity index (χ0n) is 9.06. The predicted molar refractivity (Wildman–Crippen MR) is 50.6 cm³/mol. The van der Waals surface area contributed by atoms with Gasteiger partial charge in [0.15, 0.2) is 5.43 Å². The van der Waals surface area contributed by atoms with Gasteiger partial charge in [-0.2, -0.15) is 0 Å². The SMILES string of the molecule is O=C(O)c1cc(=O)c2ccccc2o1.[H-].[Na+]. The molecule has 1 heterocycles. The van der Waals surface area contributed by atoms with Gasteiger partial charge in [-0.25, -0.2) is 4.79 Å². The third kappa shape index (κ3) is 2.28. The molecule has 2 rings (SSSR count). The molecular formula is C10H7NaO4. The van der Waals surface area contributed by atoms with Crippen molar-refractivity contribution in [2.45, 2.75) is 0 Å². The van der Waals surface area contributed by atoms with E-state index in [0.717, 1.165) is 6.07 Å². The van der Waals surface area contributed by atoms with E-state index in [0.29, 0.717) is 5.39 Å². The average molecular weight is 214 g/mol. The Hall–Kier alpha value is -1.10. The van der Waals surface area contributed by atoms with E-state index in [-0.39, 0.29) is 47.8 Å². The van der Waals surface area contributed by atoms with Gasteiger partial charge in [0, 0.05) is 6.07 Å². The second kappa shape index (κ2) is 4.61. The molecule has 0 amide bonds. The molecule has 0 saturated heterocycles. The molecule has 2 aromatic rings. The number of carbonyl (C=O) groups is 1. The molecule has 1 aromatic carbocycles. The molecule has 1 N–H and O–H groups in total. The summed E-state index contributed by atoms with van der Waals surface area (Å²) in [6.45, 7) is 0. The number of hydrogen-bond acceptors (Lipinski definition) is 3. The van der Waals surface area contributed by atoms with Crippen LogP contribution >= 0.6 is 0 Å². The first-order chi connectivity index (χ1) is 6.68. The van der Waals surface area contributed by atoms with E-state index in [4.69, 9.17) is 9.52 Å². The Kier molecular flexibility index (Phi) is 3.68. The standard InChI is InChI=1S/C10H6O4.Na.H/c11-7-5-9(10(12)13)14-8-4-2-1-3-6(7)8;;/h1-5H,(H,12,13);;/q;+1;-1. The number of carboxylic acid groups (broad SMARTS) is 1. The number of hydrogen-bond donors (Lipinski definition) is 1. The van der Waals surface area contributed by atoms with Crippen molar-refractivity contribution in [3.63, 3.8) is 0 Å². The quantitative estimate of drug-likeness (QED) is 0.593. The van der Waals surface area contributed by atoms with Gasteiger partial charge in [0.2, 0.25) is 5.76 Å². The molecule has 72 valence electrons. The van der Waals surface area contributed by atoms with Crippen LogP contribution in [0.15, 0.2) is 39.5 Å². The van der Waals surface area contributed by atoms with Crippen molar-refractivity contribution in [2.75, 3.05) is 0 Å². The van der Waals surface area contributed by atoms with Crippen LogP contribution in [0.3, 0.4) is 0 Å². The fourth-order valence-corrected chi connectivity index (χ4v) is 1.21. The zero-order valence-corrected chi connectivity index (χ0v) is 10.1. The zero-order chi connectivity index (χ0) is 10.1. The Morgan fingerprint density at radius 2 is 2.00 bits per heavy atom. The maximum Gasteiger partial charge on any atom is 1.00 e. The summed E-state index contributed by atoms with van der Waals surface area (Å²) in [5.41, 5.74) is -0.0540. The van der Waals surface area contributed by atoms with Gasteiger partial charge in [-0.15, -0.1) is 0 Å². The second-order valence-electron chi connectivity index (χ2n) is 2.78. The van der Waals surface area contributed by atoms with Crippen molar-refractivity contribution < 1.29 is 45.3 Å². The molecule has 0 aliphatic rings. The molecule has 15 heavy (non-hydrogen) atoms. The van der Waals surface area contributed by atoms with Crippen LogP contribution in [0.1, 0.15) is 12.0 Å². The van der Waals surface area contributed by atoms with E-state index in [1.807, 2.05) is 0 Å². The van der Waals surface area contributed by atoms with Crippen LogP contribution in [0, 0.1) is 0 Å². The molecule has 4 nitrogen and oxygen atoms in total. The fourth-order valence-electron chi connectivity index (χ4n) is 1.21. The van der Waals surface area contributed by atoms with Gasteiger partial charge in [-0.1, -0.05) is 12.1 Å². The topological polar surface area (TPSA) is 67.5 Å². The predicted octanol–water partition coefficient (Wildman–Crippen LogP) is -1.39. The van der Waals surface area contributed by atoms with Crippen molar-refractivity contribution in [2.24, 2.45) is 0 Å². The van der Waals surface area contributed by atoms with E-state index in [9.17, 15) is 9.59 Å². The molecule has 0 unspecified atom stereocenters. The minimum absolute atomic E-state index is 0. The molecule has 0 spiro atoms. The van der Waals surface area contributed by atoms with Gasteiger partial charge in [-0.3, -0.25) is 4.79 Å². The monoisotopic (exact) mass is 214 g/mol. The van der Waals surface area contributed by atoms with Crippen molar-refractivity contribution in [3.05, 3.63) is 46.3 Å². The van der Waals surface area contributed by atoms with E-state index in [1.54, 1.807) is 24.3 Å². The summed E-state index contributed by atoms with van der Waals surface area (Å²) in [5, 5.41) is 9.02. The number of benzene rings is 1. The second-order valence-corrected chi connectivity index (χ2v) is 2.78. The van der Waals surface area contributed by atoms with Crippen molar-refractivity contribution in [3.8, 4) is 0 Å². The molecular weight excluding hydrogens is 207 g/mol. The number of rotatable bonds is 1. The van der Waals surface area contributed by atoms with Gasteiger partial charge in [0.1, 0.15) is 5.58 Å². The van der Waals surface area contributed by atoms with Crippen LogP contribution in [0.4, 0.5) is 0 Å². The molecule has 0 atom stereocenters. The van der Waals surface area contributed by atoms with Gasteiger partial charge in [0.05, 0.1) is 5.39 Å². The smallest absolute Gasteiger partial charge is 1.00 e. The normalized spacial score (nSPS) is 9.60. The Morgan fingerprint density at radius 1 is 1.33 bits per heavy atom. The molecule has 0 aliphatic carbocycles. The first-order valence-corrected chi connectivity index (χ1v) is 3.94. The number of carboxylic acids is 1. The summed E-state index contributed by atoms with van der Waals surface area (Å²) in [5.74, 6) is -1.58. The van der Waals surface area contributed by atoms with Crippen molar-refractivity contribution >= 4 is 16.9 Å². The summed E-state index contributed by atoms with van der Waals surface area (Å²) in [6.07, 6.45) is 0. The maximum absolute atomic E-state index is 11.4. The van der Waals surface area contributed by atoms with Gasteiger partial charge in [0.25, 0.3) is 0 Å². The van der Waals surface area contributed by atoms with Crippen molar-refractivity contribution in [1.82, 2.24) is 0 Å². The summed E-state index contributed by atoms with van der Waals surface area (Å²) < 4.78 is 5.00. The van der Waals surface area contributed by atoms with E-state index in [1.165, 1.54) is 0 Å². The van der Waals surface area contributed by atoms with Crippen LogP contribution in [-0.4, -0.2) is 11.1 Å². The van der Waals surface area contributed by atoms with E-state index in [2.05, 4.69) is 0 Å². The Morgan fingerprint density at radius 3 is 2.67 bits per heavy atom. The molecule has 5 heteroatoms. The number of aromatic carboxylic acids is 1.